The average Bonchev–Trinajstić information content (AvgIpc) is 2.83. The van der Waals surface area contributed by atoms with Crippen LogP contribution < -0.4 is 20.9 Å². The summed E-state index contributed by atoms with van der Waals surface area (Å²) in [5.41, 5.74) is 2.52. The lowest BCUT2D eigenvalue weighted by molar-refractivity contribution is -0.118. The van der Waals surface area contributed by atoms with E-state index in [1.165, 1.54) is 16.7 Å². The number of carbonyl (C=O) groups excluding carboxylic acids is 1. The van der Waals surface area contributed by atoms with Crippen molar-refractivity contribution in [3.8, 4) is 5.75 Å². The Kier molecular flexibility index (Phi) is 5.79. The summed E-state index contributed by atoms with van der Waals surface area (Å²) in [4.78, 5) is 27.9. The lowest BCUT2D eigenvalue weighted by Crippen LogP contribution is -2.39. The summed E-state index contributed by atoms with van der Waals surface area (Å²) in [6.07, 6.45) is 5.70. The second-order valence-corrected chi connectivity index (χ2v) is 8.83. The van der Waals surface area contributed by atoms with Crippen LogP contribution in [0.15, 0.2) is 59.0 Å². The van der Waals surface area contributed by atoms with Crippen LogP contribution in [0.1, 0.15) is 25.7 Å². The SMILES string of the molecule is O=C1COc2ccc(NCC3(O)CCC(=CCn4c(=O)ccc5ncc(F)cc54)CC3)cc2N1. The molecule has 2 aliphatic rings. The highest BCUT2D eigenvalue weighted by molar-refractivity contribution is 5.96. The fraction of sp³-hybridized carbons (Fsp3) is 0.320. The molecule has 3 heterocycles. The molecule has 2 aromatic heterocycles. The van der Waals surface area contributed by atoms with E-state index in [9.17, 15) is 19.1 Å². The number of fused-ring (bicyclic) bond motifs is 2. The maximum Gasteiger partial charge on any atom is 0.262 e. The molecule has 34 heavy (non-hydrogen) atoms. The third-order valence-corrected chi connectivity index (χ3v) is 6.42. The van der Waals surface area contributed by atoms with E-state index in [1.807, 2.05) is 12.1 Å². The number of nitrogens with zero attached hydrogens (tertiary/aromatic N) is 2. The van der Waals surface area contributed by atoms with E-state index >= 15 is 0 Å². The molecular formula is C25H25FN4O4. The molecule has 1 aromatic carbocycles. The second kappa shape index (κ2) is 8.90. The van der Waals surface area contributed by atoms with E-state index in [0.717, 1.165) is 17.5 Å². The van der Waals surface area contributed by atoms with Gasteiger partial charge in [0.05, 0.1) is 28.5 Å². The van der Waals surface area contributed by atoms with Gasteiger partial charge in [-0.3, -0.25) is 14.6 Å². The number of rotatable bonds is 5. The van der Waals surface area contributed by atoms with E-state index < -0.39 is 11.4 Å². The van der Waals surface area contributed by atoms with Crippen molar-refractivity contribution in [3.05, 3.63) is 70.4 Å². The van der Waals surface area contributed by atoms with Crippen LogP contribution in [0.2, 0.25) is 0 Å². The summed E-state index contributed by atoms with van der Waals surface area (Å²) in [6, 6.07) is 9.80. The van der Waals surface area contributed by atoms with Crippen molar-refractivity contribution in [2.75, 3.05) is 23.8 Å². The molecule has 9 heteroatoms. The van der Waals surface area contributed by atoms with Gasteiger partial charge < -0.3 is 25.0 Å². The summed E-state index contributed by atoms with van der Waals surface area (Å²) in [5, 5.41) is 17.1. The number of carbonyl (C=O) groups is 1. The minimum Gasteiger partial charge on any atom is -0.482 e. The number of hydrogen-bond donors (Lipinski definition) is 3. The van der Waals surface area contributed by atoms with Gasteiger partial charge in [-0.15, -0.1) is 0 Å². The molecule has 176 valence electrons. The molecule has 3 N–H and O–H groups in total. The number of aromatic nitrogens is 2. The molecule has 8 nitrogen and oxygen atoms in total. The maximum atomic E-state index is 13.7. The van der Waals surface area contributed by atoms with Crippen LogP contribution in [0.25, 0.3) is 11.0 Å². The molecule has 1 aliphatic carbocycles. The molecule has 0 spiro atoms. The number of ether oxygens (including phenoxy) is 1. The molecule has 0 radical (unpaired) electrons. The Bertz CT molecular complexity index is 1340. The van der Waals surface area contributed by atoms with Gasteiger partial charge in [0.25, 0.3) is 11.5 Å². The Morgan fingerprint density at radius 2 is 2.03 bits per heavy atom. The number of halogens is 1. The van der Waals surface area contributed by atoms with E-state index in [-0.39, 0.29) is 18.1 Å². The van der Waals surface area contributed by atoms with Crippen molar-refractivity contribution in [3.63, 3.8) is 0 Å². The predicted molar refractivity (Wildman–Crippen MR) is 127 cm³/mol. The Morgan fingerprint density at radius 3 is 2.85 bits per heavy atom. The average molecular weight is 464 g/mol. The Hall–Kier alpha value is -3.72. The second-order valence-electron chi connectivity index (χ2n) is 8.83. The Balaban J connectivity index is 1.21. The quantitative estimate of drug-likeness (QED) is 0.501. The molecule has 1 fully saturated rings. The maximum absolute atomic E-state index is 13.7. The van der Waals surface area contributed by atoms with Crippen molar-refractivity contribution in [2.24, 2.45) is 0 Å². The van der Waals surface area contributed by atoms with Gasteiger partial charge in [0, 0.05) is 30.9 Å². The molecule has 3 aromatic rings. The number of benzene rings is 1. The van der Waals surface area contributed by atoms with Gasteiger partial charge >= 0.3 is 0 Å². The summed E-state index contributed by atoms with van der Waals surface area (Å²) < 4.78 is 20.6. The van der Waals surface area contributed by atoms with Crippen molar-refractivity contribution in [1.29, 1.82) is 0 Å². The van der Waals surface area contributed by atoms with Crippen LogP contribution in [0.3, 0.4) is 0 Å². The lowest BCUT2D eigenvalue weighted by atomic mass is 9.82. The summed E-state index contributed by atoms with van der Waals surface area (Å²) in [7, 11) is 0. The summed E-state index contributed by atoms with van der Waals surface area (Å²) in [6.45, 7) is 0.718. The number of nitrogens with one attached hydrogen (secondary N) is 2. The van der Waals surface area contributed by atoms with Gasteiger partial charge in [-0.25, -0.2) is 4.39 Å². The lowest BCUT2D eigenvalue weighted by Gasteiger charge is -2.34. The van der Waals surface area contributed by atoms with Gasteiger partial charge in [-0.2, -0.15) is 0 Å². The highest BCUT2D eigenvalue weighted by atomic mass is 19.1. The van der Waals surface area contributed by atoms with Gasteiger partial charge in [-0.1, -0.05) is 11.6 Å². The van der Waals surface area contributed by atoms with Gasteiger partial charge in [0.1, 0.15) is 11.6 Å². The van der Waals surface area contributed by atoms with E-state index in [4.69, 9.17) is 4.74 Å². The number of amides is 1. The number of pyridine rings is 2. The molecule has 1 aliphatic heterocycles. The Morgan fingerprint density at radius 1 is 1.21 bits per heavy atom. The Labute approximate surface area is 195 Å². The summed E-state index contributed by atoms with van der Waals surface area (Å²) in [5.74, 6) is -0.0502. The minimum atomic E-state index is -0.865. The first kappa shape index (κ1) is 22.1. The first-order chi connectivity index (χ1) is 16.4. The molecule has 5 rings (SSSR count). The van der Waals surface area contributed by atoms with Crippen LogP contribution in [0, 0.1) is 5.82 Å². The largest absolute Gasteiger partial charge is 0.482 e. The molecule has 0 unspecified atom stereocenters. The van der Waals surface area contributed by atoms with Crippen molar-refractivity contribution >= 4 is 28.3 Å². The first-order valence-electron chi connectivity index (χ1n) is 11.2. The third kappa shape index (κ3) is 4.65. The highest BCUT2D eigenvalue weighted by Crippen LogP contribution is 2.34. The molecule has 0 atom stereocenters. The van der Waals surface area contributed by atoms with Crippen LogP contribution in [0.4, 0.5) is 15.8 Å². The number of allylic oxidation sites excluding steroid dienone is 2. The molecule has 0 saturated heterocycles. The van der Waals surface area contributed by atoms with E-state index in [2.05, 4.69) is 15.6 Å². The third-order valence-electron chi connectivity index (χ3n) is 6.42. The van der Waals surface area contributed by atoms with Crippen molar-refractivity contribution in [1.82, 2.24) is 9.55 Å². The van der Waals surface area contributed by atoms with Gasteiger partial charge in [-0.05, 0) is 49.9 Å². The van der Waals surface area contributed by atoms with Crippen LogP contribution in [-0.2, 0) is 11.3 Å². The first-order valence-corrected chi connectivity index (χ1v) is 11.2. The zero-order valence-corrected chi connectivity index (χ0v) is 18.5. The van der Waals surface area contributed by atoms with Gasteiger partial charge in [0.15, 0.2) is 6.61 Å². The smallest absolute Gasteiger partial charge is 0.262 e. The van der Waals surface area contributed by atoms with Crippen molar-refractivity contribution < 1.29 is 19.0 Å². The highest BCUT2D eigenvalue weighted by Gasteiger charge is 2.30. The zero-order chi connectivity index (χ0) is 23.7. The van der Waals surface area contributed by atoms with E-state index in [1.54, 1.807) is 18.2 Å². The fourth-order valence-corrected chi connectivity index (χ4v) is 4.43. The van der Waals surface area contributed by atoms with E-state index in [0.29, 0.717) is 61.2 Å². The van der Waals surface area contributed by atoms with Crippen molar-refractivity contribution in [2.45, 2.75) is 37.8 Å². The minimum absolute atomic E-state index is 0.0122. The predicted octanol–water partition coefficient (Wildman–Crippen LogP) is 3.21. The zero-order valence-electron chi connectivity index (χ0n) is 18.5. The fourth-order valence-electron chi connectivity index (χ4n) is 4.43. The number of aliphatic hydroxyl groups is 1. The molecule has 0 bridgehead atoms. The molecule has 1 amide bonds. The monoisotopic (exact) mass is 464 g/mol. The van der Waals surface area contributed by atoms with Gasteiger partial charge in [0.2, 0.25) is 0 Å². The number of hydrogen-bond acceptors (Lipinski definition) is 6. The normalized spacial score (nSPS) is 19.8. The topological polar surface area (TPSA) is 105 Å². The molecule has 1 saturated carbocycles. The van der Waals surface area contributed by atoms with Crippen LogP contribution in [-0.4, -0.2) is 39.3 Å². The number of anilines is 2. The molecular weight excluding hydrogens is 439 g/mol. The summed E-state index contributed by atoms with van der Waals surface area (Å²) >= 11 is 0. The van der Waals surface area contributed by atoms with Crippen LogP contribution in [0.5, 0.6) is 5.75 Å². The van der Waals surface area contributed by atoms with Crippen LogP contribution >= 0.6 is 0 Å². The standard InChI is InChI=1S/C25H25FN4O4/c26-17-11-21-19(27-13-17)2-4-24(32)30(21)10-7-16-5-8-25(33,9-6-16)15-28-18-1-3-22-20(12-18)29-23(31)14-34-22/h1-4,7,11-13,28,33H,5-6,8-10,14-15H2,(H,29,31).